The van der Waals surface area contributed by atoms with Crippen LogP contribution < -0.4 is 10.4 Å². The molecule has 3 aliphatic carbocycles. The van der Waals surface area contributed by atoms with Crippen LogP contribution in [-0.2, 0) is 18.9 Å². The van der Waals surface area contributed by atoms with Crippen molar-refractivity contribution in [2.75, 3.05) is 6.61 Å². The molecular weight excluding hydrogens is 468 g/mol. The second-order valence-electron chi connectivity index (χ2n) is 12.6. The highest BCUT2D eigenvalue weighted by Crippen LogP contribution is 2.61. The summed E-state index contributed by atoms with van der Waals surface area (Å²) in [6.07, 6.45) is 6.45. The standard InChI is InChI=1S/C30H40O5Si/c1-28(2,3)36(25-12-6-4-7-13-25,26-14-8-5-9-15-26)32-24-11-10-16-29(20-24)33-30(35-34-29)19-22-17-23(21-31)27(30)18-22/h4-9,12-15,22-24,27,31H,10-11,16-21H2,1-3H3/t22-,23+,24?,27-,29?,30+/m1/s1. The lowest BCUT2D eigenvalue weighted by Gasteiger charge is -2.47. The van der Waals surface area contributed by atoms with Gasteiger partial charge in [-0.1, -0.05) is 81.4 Å². The molecule has 36 heavy (non-hydrogen) atoms. The smallest absolute Gasteiger partial charge is 0.261 e. The van der Waals surface area contributed by atoms with Crippen molar-refractivity contribution in [2.45, 2.75) is 88.4 Å². The van der Waals surface area contributed by atoms with Gasteiger partial charge < -0.3 is 14.3 Å². The van der Waals surface area contributed by atoms with Crippen LogP contribution in [0.4, 0.5) is 0 Å². The molecule has 3 saturated carbocycles. The Morgan fingerprint density at radius 1 is 0.944 bits per heavy atom. The van der Waals surface area contributed by atoms with E-state index in [9.17, 15) is 5.11 Å². The normalized spacial score (nSPS) is 36.2. The fourth-order valence-electron chi connectivity index (χ4n) is 7.77. The average Bonchev–Trinajstić information content (AvgIpc) is 3.55. The SMILES string of the molecule is CC(C)(C)[Si](OC1CCCC2(C1)OO[C@]1(C[C@@H]3C[C@@H](CO)[C@H]1C3)O2)(c1ccccc1)c1ccccc1. The number of ether oxygens (including phenoxy) is 1. The van der Waals surface area contributed by atoms with Crippen LogP contribution in [0.5, 0.6) is 0 Å². The van der Waals surface area contributed by atoms with Gasteiger partial charge >= 0.3 is 0 Å². The van der Waals surface area contributed by atoms with E-state index >= 15 is 0 Å². The molecule has 1 N–H and O–H groups in total. The molecule has 4 fully saturated rings. The zero-order chi connectivity index (χ0) is 25.0. The van der Waals surface area contributed by atoms with Crippen LogP contribution in [0.1, 0.15) is 65.7 Å². The molecule has 0 radical (unpaired) electrons. The van der Waals surface area contributed by atoms with Crippen LogP contribution in [-0.4, -0.2) is 37.7 Å². The van der Waals surface area contributed by atoms with Gasteiger partial charge in [0.2, 0.25) is 11.6 Å². The predicted octanol–water partition coefficient (Wildman–Crippen LogP) is 4.92. The fraction of sp³-hybridized carbons (Fsp3) is 0.600. The molecule has 6 heteroatoms. The Morgan fingerprint density at radius 3 is 2.19 bits per heavy atom. The number of benzene rings is 2. The Bertz CT molecular complexity index is 1020. The van der Waals surface area contributed by atoms with Gasteiger partial charge in [0.15, 0.2) is 0 Å². The Morgan fingerprint density at radius 2 is 1.61 bits per heavy atom. The topological polar surface area (TPSA) is 57.2 Å². The van der Waals surface area contributed by atoms with Gasteiger partial charge in [0.05, 0.1) is 6.10 Å². The monoisotopic (exact) mass is 508 g/mol. The van der Waals surface area contributed by atoms with Gasteiger partial charge in [-0.15, -0.1) is 0 Å². The van der Waals surface area contributed by atoms with Crippen LogP contribution in [0, 0.1) is 17.8 Å². The molecule has 6 rings (SSSR count). The van der Waals surface area contributed by atoms with Crippen molar-refractivity contribution in [1.82, 2.24) is 0 Å². The number of fused-ring (bicyclic) bond motifs is 3. The summed E-state index contributed by atoms with van der Waals surface area (Å²) in [6, 6.07) is 21.7. The first-order valence-corrected chi connectivity index (χ1v) is 15.7. The zero-order valence-corrected chi connectivity index (χ0v) is 22.8. The minimum absolute atomic E-state index is 0.0102. The Labute approximate surface area is 216 Å². The highest BCUT2D eigenvalue weighted by Gasteiger charge is 2.66. The van der Waals surface area contributed by atoms with Crippen LogP contribution in [0.15, 0.2) is 60.7 Å². The van der Waals surface area contributed by atoms with E-state index in [1.807, 2.05) is 0 Å². The average molecular weight is 509 g/mol. The number of aliphatic hydroxyl groups excluding tert-OH is 1. The molecule has 0 amide bonds. The van der Waals surface area contributed by atoms with E-state index in [-0.39, 0.29) is 29.6 Å². The minimum Gasteiger partial charge on any atom is -0.404 e. The van der Waals surface area contributed by atoms with Gasteiger partial charge in [-0.3, -0.25) is 0 Å². The van der Waals surface area contributed by atoms with E-state index in [2.05, 4.69) is 81.4 Å². The van der Waals surface area contributed by atoms with Crippen molar-refractivity contribution in [3.63, 3.8) is 0 Å². The lowest BCUT2D eigenvalue weighted by atomic mass is 9.84. The van der Waals surface area contributed by atoms with E-state index in [1.54, 1.807) is 0 Å². The third kappa shape index (κ3) is 3.93. The number of hydrogen-bond acceptors (Lipinski definition) is 5. The third-order valence-electron chi connectivity index (χ3n) is 9.24. The predicted molar refractivity (Wildman–Crippen MR) is 141 cm³/mol. The van der Waals surface area contributed by atoms with E-state index in [0.29, 0.717) is 12.3 Å². The Balaban J connectivity index is 1.31. The lowest BCUT2D eigenvalue weighted by molar-refractivity contribution is -0.365. The quantitative estimate of drug-likeness (QED) is 0.459. The maximum atomic E-state index is 9.93. The number of rotatable bonds is 5. The maximum absolute atomic E-state index is 9.93. The van der Waals surface area contributed by atoms with Crippen LogP contribution in [0.2, 0.25) is 5.04 Å². The molecule has 2 spiro atoms. The second kappa shape index (κ2) is 9.04. The van der Waals surface area contributed by atoms with Gasteiger partial charge in [0.1, 0.15) is 0 Å². The molecule has 1 saturated heterocycles. The van der Waals surface area contributed by atoms with E-state index in [4.69, 9.17) is 18.9 Å². The van der Waals surface area contributed by atoms with Crippen molar-refractivity contribution in [3.8, 4) is 0 Å². The van der Waals surface area contributed by atoms with E-state index < -0.39 is 19.9 Å². The first-order valence-electron chi connectivity index (χ1n) is 13.8. The van der Waals surface area contributed by atoms with Gasteiger partial charge in [0.25, 0.3) is 8.32 Å². The van der Waals surface area contributed by atoms with Gasteiger partial charge in [0, 0.05) is 31.8 Å². The molecular formula is C30H40O5Si. The van der Waals surface area contributed by atoms with E-state index in [0.717, 1.165) is 38.5 Å². The molecule has 194 valence electrons. The zero-order valence-electron chi connectivity index (χ0n) is 21.8. The number of aliphatic hydroxyl groups is 1. The van der Waals surface area contributed by atoms with Crippen LogP contribution >= 0.6 is 0 Å². The second-order valence-corrected chi connectivity index (χ2v) is 16.8. The summed E-state index contributed by atoms with van der Waals surface area (Å²) in [4.78, 5) is 12.2. The highest BCUT2D eigenvalue weighted by molar-refractivity contribution is 6.99. The van der Waals surface area contributed by atoms with Crippen molar-refractivity contribution in [3.05, 3.63) is 60.7 Å². The highest BCUT2D eigenvalue weighted by atomic mass is 28.4. The molecule has 0 aromatic heterocycles. The first kappa shape index (κ1) is 24.8. The summed E-state index contributed by atoms with van der Waals surface area (Å²) in [6.45, 7) is 7.16. The molecule has 5 nitrogen and oxygen atoms in total. The summed E-state index contributed by atoms with van der Waals surface area (Å²) in [5.41, 5.74) is 0. The van der Waals surface area contributed by atoms with Gasteiger partial charge in [-0.05, 0) is 52.9 Å². The minimum atomic E-state index is -2.66. The summed E-state index contributed by atoms with van der Waals surface area (Å²) in [5.74, 6) is -0.451. The molecule has 1 aliphatic heterocycles. The molecule has 2 aromatic rings. The van der Waals surface area contributed by atoms with Crippen molar-refractivity contribution in [1.29, 1.82) is 0 Å². The Hall–Kier alpha value is -1.54. The van der Waals surface area contributed by atoms with E-state index in [1.165, 1.54) is 10.4 Å². The van der Waals surface area contributed by atoms with Crippen molar-refractivity contribution in [2.24, 2.45) is 17.8 Å². The van der Waals surface area contributed by atoms with Gasteiger partial charge in [-0.2, -0.15) is 9.78 Å². The molecule has 4 aliphatic rings. The summed E-state index contributed by atoms with van der Waals surface area (Å²) in [5, 5.41) is 12.4. The van der Waals surface area contributed by atoms with Gasteiger partial charge in [-0.25, -0.2) is 0 Å². The largest absolute Gasteiger partial charge is 0.404 e. The van der Waals surface area contributed by atoms with Crippen LogP contribution in [0.25, 0.3) is 0 Å². The first-order chi connectivity index (χ1) is 17.3. The molecule has 2 aromatic carbocycles. The molecule has 1 heterocycles. The van der Waals surface area contributed by atoms with Crippen molar-refractivity contribution < 1.29 is 24.0 Å². The van der Waals surface area contributed by atoms with Crippen molar-refractivity contribution >= 4 is 18.7 Å². The third-order valence-corrected chi connectivity index (χ3v) is 14.3. The molecule has 6 atom stereocenters. The van der Waals surface area contributed by atoms with Crippen LogP contribution in [0.3, 0.4) is 0 Å². The maximum Gasteiger partial charge on any atom is 0.261 e. The Kier molecular flexibility index (Phi) is 6.22. The summed E-state index contributed by atoms with van der Waals surface area (Å²) < 4.78 is 14.3. The molecule has 2 bridgehead atoms. The molecule has 2 unspecified atom stereocenters. The summed E-state index contributed by atoms with van der Waals surface area (Å²) >= 11 is 0. The number of hydrogen-bond donors (Lipinski definition) is 1. The fourth-order valence-corrected chi connectivity index (χ4v) is 12.5. The summed E-state index contributed by atoms with van der Waals surface area (Å²) in [7, 11) is -2.66. The lowest BCUT2D eigenvalue weighted by Crippen LogP contribution is -2.68.